The van der Waals surface area contributed by atoms with Crippen LogP contribution in [0.1, 0.15) is 29.0 Å². The van der Waals surface area contributed by atoms with Crippen LogP contribution in [0.5, 0.6) is 0 Å². The molecule has 0 saturated carbocycles. The number of halogens is 1. The predicted molar refractivity (Wildman–Crippen MR) is 103 cm³/mol. The van der Waals surface area contributed by atoms with E-state index in [4.69, 9.17) is 16.3 Å². The quantitative estimate of drug-likeness (QED) is 0.661. The van der Waals surface area contributed by atoms with E-state index in [1.165, 1.54) is 6.07 Å². The third-order valence-corrected chi connectivity index (χ3v) is 4.29. The second kappa shape index (κ2) is 8.05. The number of carbonyl (C=O) groups excluding carboxylic acids is 2. The van der Waals surface area contributed by atoms with E-state index in [0.29, 0.717) is 15.9 Å². The van der Waals surface area contributed by atoms with E-state index in [9.17, 15) is 14.4 Å². The number of aromatic amines is 1. The number of esters is 1. The minimum Gasteiger partial charge on any atom is -0.451 e. The molecule has 27 heavy (non-hydrogen) atoms. The molecule has 3 aromatic rings. The number of hydrogen-bond donors (Lipinski definition) is 2. The van der Waals surface area contributed by atoms with Crippen LogP contribution in [0.25, 0.3) is 10.9 Å². The number of ether oxygens (including phenoxy) is 1. The van der Waals surface area contributed by atoms with Crippen LogP contribution < -0.4 is 10.7 Å². The van der Waals surface area contributed by atoms with Crippen molar-refractivity contribution in [1.29, 1.82) is 0 Å². The lowest BCUT2D eigenvalue weighted by atomic mass is 10.1. The molecular weight excluding hydrogens is 368 g/mol. The summed E-state index contributed by atoms with van der Waals surface area (Å²) in [5, 5.41) is 3.81. The van der Waals surface area contributed by atoms with Crippen LogP contribution >= 0.6 is 11.6 Å². The molecule has 0 saturated heterocycles. The van der Waals surface area contributed by atoms with Crippen molar-refractivity contribution in [2.75, 3.05) is 6.61 Å². The summed E-state index contributed by atoms with van der Waals surface area (Å²) in [5.41, 5.74) is 1.10. The number of benzene rings is 2. The maximum Gasteiger partial charge on any atom is 0.355 e. The monoisotopic (exact) mass is 384 g/mol. The molecule has 0 aliphatic heterocycles. The summed E-state index contributed by atoms with van der Waals surface area (Å²) in [7, 11) is 0. The zero-order valence-electron chi connectivity index (χ0n) is 14.5. The van der Waals surface area contributed by atoms with Crippen LogP contribution in [-0.4, -0.2) is 23.5 Å². The van der Waals surface area contributed by atoms with Crippen molar-refractivity contribution < 1.29 is 14.3 Å². The molecule has 0 fully saturated rings. The molecule has 1 aromatic heterocycles. The smallest absolute Gasteiger partial charge is 0.355 e. The van der Waals surface area contributed by atoms with Crippen molar-refractivity contribution in [3.8, 4) is 0 Å². The minimum absolute atomic E-state index is 0.00255. The Bertz CT molecular complexity index is 1040. The van der Waals surface area contributed by atoms with Crippen LogP contribution in [-0.2, 0) is 9.53 Å². The number of nitrogens with one attached hydrogen (secondary N) is 2. The van der Waals surface area contributed by atoms with Gasteiger partial charge in [0.1, 0.15) is 5.69 Å². The topological polar surface area (TPSA) is 88.3 Å². The van der Waals surface area contributed by atoms with Gasteiger partial charge in [0.25, 0.3) is 5.91 Å². The van der Waals surface area contributed by atoms with Gasteiger partial charge in [-0.05, 0) is 36.8 Å². The molecule has 1 amide bonds. The normalized spacial score (nSPS) is 11.8. The number of hydrogen-bond acceptors (Lipinski definition) is 4. The van der Waals surface area contributed by atoms with Crippen LogP contribution in [0.4, 0.5) is 0 Å². The number of carbonyl (C=O) groups is 2. The summed E-state index contributed by atoms with van der Waals surface area (Å²) in [5.74, 6) is -1.22. The van der Waals surface area contributed by atoms with Gasteiger partial charge in [0.05, 0.1) is 6.04 Å². The number of fused-ring (bicyclic) bond motifs is 1. The molecule has 1 heterocycles. The highest BCUT2D eigenvalue weighted by atomic mass is 35.5. The summed E-state index contributed by atoms with van der Waals surface area (Å²) in [6.07, 6.45) is 0. The van der Waals surface area contributed by atoms with Crippen molar-refractivity contribution in [2.24, 2.45) is 0 Å². The third kappa shape index (κ3) is 4.54. The molecule has 7 heteroatoms. The van der Waals surface area contributed by atoms with E-state index in [1.807, 2.05) is 6.92 Å². The molecule has 0 radical (unpaired) electrons. The lowest BCUT2D eigenvalue weighted by Gasteiger charge is -2.14. The minimum atomic E-state index is -0.771. The Morgan fingerprint density at radius 1 is 1.15 bits per heavy atom. The first-order chi connectivity index (χ1) is 12.9. The zero-order chi connectivity index (χ0) is 19.4. The van der Waals surface area contributed by atoms with Crippen molar-refractivity contribution in [3.05, 3.63) is 81.1 Å². The summed E-state index contributed by atoms with van der Waals surface area (Å²) in [6.45, 7) is 1.36. The Morgan fingerprint density at radius 2 is 1.85 bits per heavy atom. The molecule has 2 N–H and O–H groups in total. The fourth-order valence-electron chi connectivity index (χ4n) is 2.63. The van der Waals surface area contributed by atoms with Gasteiger partial charge in [-0.1, -0.05) is 35.9 Å². The van der Waals surface area contributed by atoms with E-state index < -0.39 is 18.5 Å². The molecule has 0 unspecified atom stereocenters. The van der Waals surface area contributed by atoms with E-state index in [2.05, 4.69) is 10.3 Å². The van der Waals surface area contributed by atoms with Gasteiger partial charge in [0, 0.05) is 22.0 Å². The fourth-order valence-corrected chi connectivity index (χ4v) is 2.76. The highest BCUT2D eigenvalue weighted by Crippen LogP contribution is 2.16. The SMILES string of the molecule is C[C@H](NC(=O)COC(=O)c1cc(=O)c2ccccc2[nH]1)c1ccc(Cl)cc1. The Hall–Kier alpha value is -3.12. The second-order valence-corrected chi connectivity index (χ2v) is 6.45. The summed E-state index contributed by atoms with van der Waals surface area (Å²) in [4.78, 5) is 39.1. The molecule has 0 aliphatic carbocycles. The molecule has 6 nitrogen and oxygen atoms in total. The number of pyridine rings is 1. The van der Waals surface area contributed by atoms with E-state index in [1.54, 1.807) is 48.5 Å². The van der Waals surface area contributed by atoms with Crippen LogP contribution in [0, 0.1) is 0 Å². The number of aromatic nitrogens is 1. The van der Waals surface area contributed by atoms with Gasteiger partial charge in [-0.25, -0.2) is 4.79 Å². The maximum atomic E-state index is 12.2. The standard InChI is InChI=1S/C20H17ClN2O4/c1-12(13-6-8-14(21)9-7-13)22-19(25)11-27-20(26)17-10-18(24)15-4-2-3-5-16(15)23-17/h2-10,12H,11H2,1H3,(H,22,25)(H,23,24)/t12-/m0/s1. The van der Waals surface area contributed by atoms with Crippen molar-refractivity contribution >= 4 is 34.4 Å². The molecule has 0 bridgehead atoms. The number of para-hydroxylation sites is 1. The molecular formula is C20H17ClN2O4. The van der Waals surface area contributed by atoms with Gasteiger partial charge in [-0.15, -0.1) is 0 Å². The first-order valence-corrected chi connectivity index (χ1v) is 8.66. The molecule has 138 valence electrons. The Labute approximate surface area is 160 Å². The van der Waals surface area contributed by atoms with Gasteiger partial charge in [0.15, 0.2) is 12.0 Å². The molecule has 0 spiro atoms. The second-order valence-electron chi connectivity index (χ2n) is 6.01. The largest absolute Gasteiger partial charge is 0.451 e. The van der Waals surface area contributed by atoms with Gasteiger partial charge in [0.2, 0.25) is 0 Å². The number of amides is 1. The average molecular weight is 385 g/mol. The van der Waals surface area contributed by atoms with Crippen molar-refractivity contribution in [2.45, 2.75) is 13.0 Å². The van der Waals surface area contributed by atoms with E-state index in [0.717, 1.165) is 5.56 Å². The van der Waals surface area contributed by atoms with E-state index >= 15 is 0 Å². The average Bonchev–Trinajstić information content (AvgIpc) is 2.66. The van der Waals surface area contributed by atoms with Crippen molar-refractivity contribution in [1.82, 2.24) is 10.3 Å². The fraction of sp³-hybridized carbons (Fsp3) is 0.150. The summed E-state index contributed by atoms with van der Waals surface area (Å²) in [6, 6.07) is 14.8. The molecule has 0 aliphatic rings. The molecule has 3 rings (SSSR count). The van der Waals surface area contributed by atoms with Crippen LogP contribution in [0.15, 0.2) is 59.4 Å². The third-order valence-electron chi connectivity index (χ3n) is 4.04. The van der Waals surface area contributed by atoms with Crippen LogP contribution in [0.3, 0.4) is 0 Å². The zero-order valence-corrected chi connectivity index (χ0v) is 15.2. The highest BCUT2D eigenvalue weighted by Gasteiger charge is 2.15. The van der Waals surface area contributed by atoms with Gasteiger partial charge < -0.3 is 15.0 Å². The first-order valence-electron chi connectivity index (χ1n) is 8.28. The van der Waals surface area contributed by atoms with Gasteiger partial charge in [-0.2, -0.15) is 0 Å². The first kappa shape index (κ1) is 18.7. The number of H-pyrrole nitrogens is 1. The summed E-state index contributed by atoms with van der Waals surface area (Å²) < 4.78 is 5.01. The Morgan fingerprint density at radius 3 is 2.59 bits per heavy atom. The van der Waals surface area contributed by atoms with Gasteiger partial charge >= 0.3 is 5.97 Å². The van der Waals surface area contributed by atoms with Crippen molar-refractivity contribution in [3.63, 3.8) is 0 Å². The summed E-state index contributed by atoms with van der Waals surface area (Å²) >= 11 is 5.84. The van der Waals surface area contributed by atoms with Gasteiger partial charge in [-0.3, -0.25) is 9.59 Å². The number of rotatable bonds is 5. The lowest BCUT2D eigenvalue weighted by molar-refractivity contribution is -0.124. The predicted octanol–water partition coefficient (Wildman–Crippen LogP) is 3.22. The Kier molecular flexibility index (Phi) is 5.57. The van der Waals surface area contributed by atoms with Crippen LogP contribution in [0.2, 0.25) is 5.02 Å². The highest BCUT2D eigenvalue weighted by molar-refractivity contribution is 6.30. The Balaban J connectivity index is 1.61. The lowest BCUT2D eigenvalue weighted by Crippen LogP contribution is -2.31. The molecule has 2 aromatic carbocycles. The maximum absolute atomic E-state index is 12.2. The molecule has 1 atom stereocenters. The van der Waals surface area contributed by atoms with E-state index in [-0.39, 0.29) is 17.2 Å².